The van der Waals surface area contributed by atoms with Crippen molar-refractivity contribution >= 4 is 35.0 Å². The summed E-state index contributed by atoms with van der Waals surface area (Å²) < 4.78 is 12.3. The van der Waals surface area contributed by atoms with E-state index in [9.17, 15) is 9.59 Å². The monoisotopic (exact) mass is 448 g/mol. The number of amides is 1. The van der Waals surface area contributed by atoms with Crippen LogP contribution in [0, 0.1) is 0 Å². The number of anilines is 2. The first-order chi connectivity index (χ1) is 15.1. The van der Waals surface area contributed by atoms with Crippen molar-refractivity contribution in [2.24, 2.45) is 0 Å². The molecule has 0 aliphatic heterocycles. The van der Waals surface area contributed by atoms with E-state index in [4.69, 9.17) is 9.47 Å². The molecule has 10 heteroatoms. The zero-order chi connectivity index (χ0) is 23.9. The molecule has 0 saturated carbocycles. The molecule has 0 bridgehead atoms. The second kappa shape index (κ2) is 11.1. The molecule has 0 atom stereocenters. The van der Waals surface area contributed by atoms with Gasteiger partial charge in [-0.2, -0.15) is 9.97 Å². The van der Waals surface area contributed by atoms with Gasteiger partial charge in [-0.05, 0) is 48.0 Å². The third-order valence-corrected chi connectivity index (χ3v) is 4.32. The first-order valence-electron chi connectivity index (χ1n) is 11.2. The predicted octanol–water partition coefficient (Wildman–Crippen LogP) is 4.14. The number of rotatable bonds is 10. The molecule has 0 aliphatic carbocycles. The topological polar surface area (TPSA) is 111 Å². The second-order valence-corrected chi connectivity index (χ2v) is 8.86. The summed E-state index contributed by atoms with van der Waals surface area (Å²) in [7, 11) is 0. The van der Waals surface area contributed by atoms with Gasteiger partial charge in [0.1, 0.15) is 12.1 Å². The molecule has 32 heavy (non-hydrogen) atoms. The highest BCUT2D eigenvalue weighted by atomic mass is 16.6. The lowest BCUT2D eigenvalue weighted by Crippen LogP contribution is -2.38. The van der Waals surface area contributed by atoms with Crippen LogP contribution < -0.4 is 10.2 Å². The van der Waals surface area contributed by atoms with E-state index in [0.717, 1.165) is 19.3 Å². The van der Waals surface area contributed by atoms with Crippen LogP contribution in [0.15, 0.2) is 6.33 Å². The molecule has 2 rings (SSSR count). The lowest BCUT2D eigenvalue weighted by atomic mass is 10.2. The van der Waals surface area contributed by atoms with Crippen molar-refractivity contribution in [1.82, 2.24) is 19.5 Å². The van der Waals surface area contributed by atoms with Crippen LogP contribution in [-0.4, -0.2) is 56.4 Å². The van der Waals surface area contributed by atoms with Gasteiger partial charge in [-0.3, -0.25) is 4.79 Å². The Hall–Kier alpha value is -2.91. The fraction of sp³-hybridized carbons (Fsp3) is 0.682. The van der Waals surface area contributed by atoms with Gasteiger partial charge in [0.2, 0.25) is 5.95 Å². The maximum Gasteiger partial charge on any atom is 0.417 e. The summed E-state index contributed by atoms with van der Waals surface area (Å²) >= 11 is 0. The first kappa shape index (κ1) is 25.4. The number of nitrogens with zero attached hydrogens (tertiary/aromatic N) is 5. The summed E-state index contributed by atoms with van der Waals surface area (Å²) in [5, 5.41) is 3.27. The quantitative estimate of drug-likeness (QED) is 0.426. The third kappa shape index (κ3) is 7.06. The number of unbranched alkanes of at least 4 members (excludes halogenated alkanes) is 2. The number of hydrogen-bond donors (Lipinski definition) is 1. The van der Waals surface area contributed by atoms with Crippen molar-refractivity contribution in [2.45, 2.75) is 85.9 Å². The van der Waals surface area contributed by atoms with Gasteiger partial charge < -0.3 is 19.4 Å². The Balaban J connectivity index is 2.54. The van der Waals surface area contributed by atoms with Crippen molar-refractivity contribution in [2.75, 3.05) is 23.4 Å². The lowest BCUT2D eigenvalue weighted by molar-refractivity contribution is -0.143. The Kier molecular flexibility index (Phi) is 8.80. The summed E-state index contributed by atoms with van der Waals surface area (Å²) in [5.41, 5.74) is 0.300. The van der Waals surface area contributed by atoms with Gasteiger partial charge in [-0.25, -0.2) is 14.7 Å². The number of aromatic nitrogens is 4. The van der Waals surface area contributed by atoms with Crippen LogP contribution >= 0.6 is 0 Å². The van der Waals surface area contributed by atoms with Crippen LogP contribution in [0.3, 0.4) is 0 Å². The van der Waals surface area contributed by atoms with E-state index in [-0.39, 0.29) is 25.1 Å². The van der Waals surface area contributed by atoms with Crippen LogP contribution in [0.5, 0.6) is 0 Å². The van der Waals surface area contributed by atoms with E-state index >= 15 is 0 Å². The normalized spacial score (nSPS) is 11.6. The van der Waals surface area contributed by atoms with Gasteiger partial charge in [-0.1, -0.05) is 19.8 Å². The summed E-state index contributed by atoms with van der Waals surface area (Å²) in [6.45, 7) is 13.9. The summed E-state index contributed by atoms with van der Waals surface area (Å²) in [5.74, 6) is 0.306. The van der Waals surface area contributed by atoms with Crippen molar-refractivity contribution in [1.29, 1.82) is 0 Å². The first-order valence-corrected chi connectivity index (χ1v) is 11.2. The summed E-state index contributed by atoms with van der Waals surface area (Å²) in [6, 6.07) is 0.0752. The smallest absolute Gasteiger partial charge is 0.417 e. The molecular formula is C22H36N6O4. The molecule has 178 valence electrons. The molecule has 2 aromatic heterocycles. The average molecular weight is 449 g/mol. The average Bonchev–Trinajstić information content (AvgIpc) is 3.06. The van der Waals surface area contributed by atoms with E-state index < -0.39 is 17.7 Å². The maximum absolute atomic E-state index is 13.0. The number of nitrogens with one attached hydrogen (secondary N) is 1. The molecule has 1 amide bonds. The van der Waals surface area contributed by atoms with Crippen LogP contribution in [0.2, 0.25) is 0 Å². The molecule has 0 aliphatic rings. The van der Waals surface area contributed by atoms with Gasteiger partial charge in [0.05, 0.1) is 12.9 Å². The van der Waals surface area contributed by atoms with E-state index in [0.29, 0.717) is 23.5 Å². The van der Waals surface area contributed by atoms with Gasteiger partial charge in [-0.15, -0.1) is 0 Å². The molecule has 10 nitrogen and oxygen atoms in total. The summed E-state index contributed by atoms with van der Waals surface area (Å²) in [6.07, 6.45) is 3.76. The Morgan fingerprint density at radius 2 is 1.91 bits per heavy atom. The molecule has 0 radical (unpaired) electrons. The Morgan fingerprint density at radius 3 is 2.50 bits per heavy atom. The SMILES string of the molecule is CCCCCN(C(=O)OC(C)(C)C)c1nc(NC(C)C)c2ncn(CC(=O)OCC)c2n1. The second-order valence-electron chi connectivity index (χ2n) is 8.86. The number of carbonyl (C=O) groups excluding carboxylic acids is 2. The zero-order valence-electron chi connectivity index (χ0n) is 20.3. The minimum absolute atomic E-state index is 0.0375. The largest absolute Gasteiger partial charge is 0.465 e. The molecule has 0 unspecified atom stereocenters. The number of fused-ring (bicyclic) bond motifs is 1. The maximum atomic E-state index is 13.0. The van der Waals surface area contributed by atoms with Gasteiger partial charge in [0.25, 0.3) is 0 Å². The number of ether oxygens (including phenoxy) is 2. The van der Waals surface area contributed by atoms with Crippen LogP contribution in [0.25, 0.3) is 11.2 Å². The molecule has 0 saturated heterocycles. The van der Waals surface area contributed by atoms with Crippen LogP contribution in [-0.2, 0) is 20.8 Å². The van der Waals surface area contributed by atoms with Crippen molar-refractivity contribution in [3.63, 3.8) is 0 Å². The third-order valence-electron chi connectivity index (χ3n) is 4.32. The van der Waals surface area contributed by atoms with E-state index in [1.807, 2.05) is 34.6 Å². The standard InChI is InChI=1S/C22H36N6O4/c1-8-10-11-12-28(21(30)32-22(5,6)7)20-25-18(24-15(3)4)17-19(26-20)27(14-23-17)13-16(29)31-9-2/h14-15H,8-13H2,1-7H3,(H,24,25,26). The number of imidazole rings is 1. The molecular weight excluding hydrogens is 412 g/mol. The Morgan fingerprint density at radius 1 is 1.19 bits per heavy atom. The predicted molar refractivity (Wildman–Crippen MR) is 124 cm³/mol. The molecule has 0 fully saturated rings. The molecule has 2 aromatic rings. The lowest BCUT2D eigenvalue weighted by Gasteiger charge is -2.26. The van der Waals surface area contributed by atoms with E-state index in [2.05, 4.69) is 27.2 Å². The minimum Gasteiger partial charge on any atom is -0.465 e. The van der Waals surface area contributed by atoms with Crippen LogP contribution in [0.4, 0.5) is 16.6 Å². The van der Waals surface area contributed by atoms with E-state index in [1.54, 1.807) is 11.5 Å². The zero-order valence-corrected chi connectivity index (χ0v) is 20.3. The number of hydrogen-bond acceptors (Lipinski definition) is 8. The van der Waals surface area contributed by atoms with Crippen LogP contribution in [0.1, 0.15) is 67.7 Å². The summed E-state index contributed by atoms with van der Waals surface area (Å²) in [4.78, 5) is 40.2. The number of esters is 1. The van der Waals surface area contributed by atoms with Gasteiger partial charge >= 0.3 is 12.1 Å². The number of carbonyl (C=O) groups is 2. The Labute approximate surface area is 189 Å². The van der Waals surface area contributed by atoms with Gasteiger partial charge in [0.15, 0.2) is 17.0 Å². The minimum atomic E-state index is -0.658. The van der Waals surface area contributed by atoms with Crippen molar-refractivity contribution < 1.29 is 19.1 Å². The molecule has 2 heterocycles. The Bertz CT molecular complexity index is 919. The molecule has 0 spiro atoms. The van der Waals surface area contributed by atoms with Crippen molar-refractivity contribution in [3.8, 4) is 0 Å². The highest BCUT2D eigenvalue weighted by molar-refractivity contribution is 5.90. The molecule has 0 aromatic carbocycles. The highest BCUT2D eigenvalue weighted by Gasteiger charge is 2.27. The molecule has 1 N–H and O–H groups in total. The van der Waals surface area contributed by atoms with E-state index in [1.165, 1.54) is 11.2 Å². The van der Waals surface area contributed by atoms with Gasteiger partial charge in [0, 0.05) is 12.6 Å². The fourth-order valence-corrected chi connectivity index (χ4v) is 3.00. The van der Waals surface area contributed by atoms with Crippen molar-refractivity contribution in [3.05, 3.63) is 6.33 Å². The fourth-order valence-electron chi connectivity index (χ4n) is 3.00. The highest BCUT2D eigenvalue weighted by Crippen LogP contribution is 2.25.